The van der Waals surface area contributed by atoms with Crippen LogP contribution >= 0.6 is 24.1 Å². The highest BCUT2D eigenvalue weighted by atomic mass is 32.2. The fourth-order valence-corrected chi connectivity index (χ4v) is 11.1. The fraction of sp³-hybridized carbons (Fsp3) is 0.567. The first-order valence-electron chi connectivity index (χ1n) is 16.2. The van der Waals surface area contributed by atoms with Crippen molar-refractivity contribution in [2.45, 2.75) is 73.6 Å². The number of benzene rings is 2. The molecule has 2 aromatic carbocycles. The summed E-state index contributed by atoms with van der Waals surface area (Å²) in [4.78, 5) is 7.24. The summed E-state index contributed by atoms with van der Waals surface area (Å²) in [5.74, 6) is -3.10. The molecular formula is C30H43N2O16S6+. The van der Waals surface area contributed by atoms with Gasteiger partial charge in [0.05, 0.1) is 51.7 Å². The average molecular weight is 880 g/mol. The van der Waals surface area contributed by atoms with Crippen molar-refractivity contribution in [1.82, 2.24) is 0 Å². The summed E-state index contributed by atoms with van der Waals surface area (Å²) in [6, 6.07) is 9.25. The zero-order chi connectivity index (χ0) is 40.3. The predicted octanol–water partition coefficient (Wildman–Crippen LogP) is 3.82. The van der Waals surface area contributed by atoms with E-state index in [4.69, 9.17) is 19.0 Å². The highest BCUT2D eigenvalue weighted by molar-refractivity contribution is 7.95. The van der Waals surface area contributed by atoms with E-state index in [0.29, 0.717) is 47.5 Å². The monoisotopic (exact) mass is 879 g/mol. The van der Waals surface area contributed by atoms with E-state index in [2.05, 4.69) is 9.37 Å². The van der Waals surface area contributed by atoms with E-state index in [1.807, 2.05) is 38.3 Å². The van der Waals surface area contributed by atoms with Gasteiger partial charge in [-0.25, -0.2) is 18.6 Å². The van der Waals surface area contributed by atoms with Gasteiger partial charge in [0.25, 0.3) is 30.4 Å². The summed E-state index contributed by atoms with van der Waals surface area (Å²) in [6.45, 7) is 7.53. The molecule has 0 spiro atoms. The van der Waals surface area contributed by atoms with Crippen LogP contribution in [0.2, 0.25) is 0 Å². The van der Waals surface area contributed by atoms with Crippen LogP contribution in [0.5, 0.6) is 0 Å². The van der Waals surface area contributed by atoms with Crippen LogP contribution in [0.3, 0.4) is 0 Å². The van der Waals surface area contributed by atoms with Gasteiger partial charge in [0.2, 0.25) is 5.69 Å². The third kappa shape index (κ3) is 11.4. The van der Waals surface area contributed by atoms with E-state index in [9.17, 15) is 42.8 Å². The molecule has 54 heavy (non-hydrogen) atoms. The van der Waals surface area contributed by atoms with Gasteiger partial charge in [-0.1, -0.05) is 18.9 Å². The maximum absolute atomic E-state index is 13.1. The van der Waals surface area contributed by atoms with E-state index in [-0.39, 0.29) is 23.9 Å². The lowest BCUT2D eigenvalue weighted by molar-refractivity contribution is -0.434. The molecule has 24 heteroatoms. The molecule has 304 valence electrons. The molecular weight excluding hydrogens is 837 g/mol. The van der Waals surface area contributed by atoms with E-state index >= 15 is 0 Å². The van der Waals surface area contributed by atoms with Crippen LogP contribution in [0.15, 0.2) is 46.2 Å². The number of nitrogens with zero attached hydrogens (tertiary/aromatic N) is 2. The first-order valence-corrected chi connectivity index (χ1v) is 24.3. The average Bonchev–Trinajstić information content (AvgIpc) is 3.40. The topological polar surface area (TPSA) is 261 Å². The number of rotatable bonds is 21. The van der Waals surface area contributed by atoms with E-state index in [0.717, 1.165) is 29.0 Å². The standard InChI is InChI=1S/C30H42N2O16S6/c1-29(2)23-18-21(50-47-45-20-49-48-46-33)8-10-25(23)31(12-14-52(36,37)38)27(29)6-5-7-28-30(3,4)24-19-22(51(34,35)16-17-54(42,43)44)9-11-26(24)32(28)13-15-53(39,40)41/h8-11,18-19,28H,5-7,12-17,20H2,1-4H3,(H3-,33,36,37,38,39,40,41,42,43,44)/p+1. The van der Waals surface area contributed by atoms with Gasteiger partial charge in [-0.2, -0.15) is 34.2 Å². The van der Waals surface area contributed by atoms with Crippen molar-refractivity contribution in [2.24, 2.45) is 0 Å². The molecule has 4 N–H and O–H groups in total. The Hall–Kier alpha value is -1.91. The van der Waals surface area contributed by atoms with Gasteiger partial charge in [-0.05, 0) is 62.6 Å². The molecule has 2 heterocycles. The Bertz CT molecular complexity index is 2170. The fourth-order valence-electron chi connectivity index (χ4n) is 7.01. The number of anilines is 1. The quantitative estimate of drug-likeness (QED) is 0.0264. The lowest BCUT2D eigenvalue weighted by Gasteiger charge is -2.34. The minimum absolute atomic E-state index is 0.0451. The maximum Gasteiger partial charge on any atom is 0.271 e. The van der Waals surface area contributed by atoms with E-state index in [1.54, 1.807) is 17.0 Å². The molecule has 1 unspecified atom stereocenters. The van der Waals surface area contributed by atoms with Crippen LogP contribution in [-0.4, -0.2) is 111 Å². The third-order valence-corrected chi connectivity index (χ3v) is 14.6. The molecule has 0 fully saturated rings. The highest BCUT2D eigenvalue weighted by Crippen LogP contribution is 2.48. The molecule has 0 aromatic heterocycles. The molecule has 18 nitrogen and oxygen atoms in total. The number of hydrogen-bond donors (Lipinski definition) is 4. The van der Waals surface area contributed by atoms with E-state index < -0.39 is 80.1 Å². The summed E-state index contributed by atoms with van der Waals surface area (Å²) in [7, 11) is -17.4. The molecule has 1 atom stereocenters. The zero-order valence-electron chi connectivity index (χ0n) is 29.6. The second-order valence-corrected chi connectivity index (χ2v) is 21.9. The number of sulfone groups is 1. The third-order valence-electron chi connectivity index (χ3n) is 9.54. The van der Waals surface area contributed by atoms with Crippen LogP contribution in [0.1, 0.15) is 58.1 Å². The van der Waals surface area contributed by atoms with Crippen molar-refractivity contribution in [3.05, 3.63) is 47.5 Å². The Morgan fingerprint density at radius 2 is 1.48 bits per heavy atom. The van der Waals surface area contributed by atoms with Crippen molar-refractivity contribution in [3.63, 3.8) is 0 Å². The number of fused-ring (bicyclic) bond motifs is 2. The van der Waals surface area contributed by atoms with Crippen LogP contribution in [0, 0.1) is 0 Å². The smallest absolute Gasteiger partial charge is 0.271 e. The van der Waals surface area contributed by atoms with Crippen LogP contribution in [0.4, 0.5) is 11.4 Å². The molecule has 0 radical (unpaired) electrons. The lowest BCUT2D eigenvalue weighted by atomic mass is 9.77. The van der Waals surface area contributed by atoms with Crippen molar-refractivity contribution < 1.29 is 75.8 Å². The van der Waals surface area contributed by atoms with Gasteiger partial charge in [0, 0.05) is 46.6 Å². The largest absolute Gasteiger partial charge is 0.366 e. The van der Waals surface area contributed by atoms with Gasteiger partial charge >= 0.3 is 0 Å². The molecule has 2 aliphatic heterocycles. The van der Waals surface area contributed by atoms with Crippen LogP contribution in [-0.2, 0) is 69.6 Å². The van der Waals surface area contributed by atoms with Gasteiger partial charge in [-0.3, -0.25) is 13.7 Å². The predicted molar refractivity (Wildman–Crippen MR) is 200 cm³/mol. The van der Waals surface area contributed by atoms with Crippen LogP contribution < -0.4 is 4.90 Å². The summed E-state index contributed by atoms with van der Waals surface area (Å²) in [6.07, 6.45) is 1.37. The second kappa shape index (κ2) is 17.3. The molecule has 2 aliphatic rings. The Morgan fingerprint density at radius 3 is 2.11 bits per heavy atom. The Kier molecular flexibility index (Phi) is 14.3. The summed E-state index contributed by atoms with van der Waals surface area (Å²) in [5, 5.41) is 11.7. The Morgan fingerprint density at radius 1 is 0.815 bits per heavy atom. The molecule has 0 saturated heterocycles. The Labute approximate surface area is 323 Å². The van der Waals surface area contributed by atoms with Gasteiger partial charge < -0.3 is 4.90 Å². The molecule has 0 aliphatic carbocycles. The SMILES string of the molecule is CC1(C)C(CCCC2N(CCS(=O)(=O)O)c3ccc(S(=O)(=O)CCS(=O)(=O)O)cc3C2(C)C)=[N+](CCS(=O)(=O)O)c2ccc(SOOCSOOO)cc21. The minimum Gasteiger partial charge on any atom is -0.366 e. The van der Waals surface area contributed by atoms with Gasteiger partial charge in [-0.15, -0.1) is 4.33 Å². The molecule has 0 bridgehead atoms. The summed E-state index contributed by atoms with van der Waals surface area (Å²) >= 11 is 1.54. The second-order valence-electron chi connectivity index (χ2n) is 13.7. The van der Waals surface area contributed by atoms with Gasteiger partial charge in [0.15, 0.2) is 28.0 Å². The molecule has 2 aromatic rings. The highest BCUT2D eigenvalue weighted by Gasteiger charge is 2.48. The Balaban J connectivity index is 1.62. The summed E-state index contributed by atoms with van der Waals surface area (Å²) in [5.41, 5.74) is 2.11. The maximum atomic E-state index is 13.1. The normalized spacial score (nSPS) is 18.3. The minimum atomic E-state index is -4.55. The van der Waals surface area contributed by atoms with Crippen molar-refractivity contribution >= 4 is 81.4 Å². The molecule has 4 rings (SSSR count). The first kappa shape index (κ1) is 44.8. The van der Waals surface area contributed by atoms with Crippen LogP contribution in [0.25, 0.3) is 0 Å². The first-order chi connectivity index (χ1) is 24.9. The molecule has 0 saturated carbocycles. The number of hydrogen-bond acceptors (Lipinski definition) is 16. The molecule has 0 amide bonds. The van der Waals surface area contributed by atoms with Gasteiger partial charge in [0.1, 0.15) is 5.75 Å². The van der Waals surface area contributed by atoms with E-state index in [1.165, 1.54) is 18.2 Å². The van der Waals surface area contributed by atoms with Crippen molar-refractivity contribution in [1.29, 1.82) is 0 Å². The zero-order valence-corrected chi connectivity index (χ0v) is 34.5. The van der Waals surface area contributed by atoms with Crippen molar-refractivity contribution in [2.75, 3.05) is 46.9 Å². The van der Waals surface area contributed by atoms with Crippen molar-refractivity contribution in [3.8, 4) is 0 Å². The summed E-state index contributed by atoms with van der Waals surface area (Å²) < 4.78 is 136. The lowest BCUT2D eigenvalue weighted by Crippen LogP contribution is -2.43.